The number of ether oxygens (including phenoxy) is 1. The minimum absolute atomic E-state index is 0.363. The van der Waals surface area contributed by atoms with Crippen LogP contribution in [0.2, 0.25) is 0 Å². The zero-order valence-corrected chi connectivity index (χ0v) is 11.2. The summed E-state index contributed by atoms with van der Waals surface area (Å²) in [5.74, 6) is 7.42. The van der Waals surface area contributed by atoms with Crippen molar-refractivity contribution < 1.29 is 4.74 Å². The summed E-state index contributed by atoms with van der Waals surface area (Å²) in [5.41, 5.74) is 4.26. The number of hydrazine groups is 1. The van der Waals surface area contributed by atoms with Gasteiger partial charge < -0.3 is 4.74 Å². The van der Waals surface area contributed by atoms with Crippen molar-refractivity contribution >= 4 is 0 Å². The van der Waals surface area contributed by atoms with Crippen molar-refractivity contribution in [2.24, 2.45) is 11.8 Å². The van der Waals surface area contributed by atoms with E-state index in [-0.39, 0.29) is 0 Å². The average molecular weight is 248 g/mol. The van der Waals surface area contributed by atoms with Gasteiger partial charge in [-0.05, 0) is 36.8 Å². The molecule has 1 atom stereocenters. The standard InChI is InChI=1S/C15H24N2O/c1-18-15-10-6-5-9-13(15)11-14(17-16)12-7-3-2-4-8-12/h5-6,9-10,12,14,17H,2-4,7-8,11,16H2,1H3. The molecule has 1 fully saturated rings. The lowest BCUT2D eigenvalue weighted by atomic mass is 9.82. The second-order valence-corrected chi connectivity index (χ2v) is 5.19. The fourth-order valence-corrected chi connectivity index (χ4v) is 3.01. The van der Waals surface area contributed by atoms with E-state index in [2.05, 4.69) is 17.6 Å². The molecule has 0 bridgehead atoms. The highest BCUT2D eigenvalue weighted by Crippen LogP contribution is 2.29. The quantitative estimate of drug-likeness (QED) is 0.622. The molecule has 1 aliphatic rings. The molecule has 3 N–H and O–H groups in total. The summed E-state index contributed by atoms with van der Waals surface area (Å²) in [7, 11) is 1.73. The summed E-state index contributed by atoms with van der Waals surface area (Å²) in [6.07, 6.45) is 7.60. The highest BCUT2D eigenvalue weighted by atomic mass is 16.5. The summed E-state index contributed by atoms with van der Waals surface area (Å²) in [4.78, 5) is 0. The fourth-order valence-electron chi connectivity index (χ4n) is 3.01. The van der Waals surface area contributed by atoms with Gasteiger partial charge in [0, 0.05) is 6.04 Å². The number of methoxy groups -OCH3 is 1. The largest absolute Gasteiger partial charge is 0.496 e. The van der Waals surface area contributed by atoms with Gasteiger partial charge in [0.2, 0.25) is 0 Å². The molecule has 18 heavy (non-hydrogen) atoms. The molecule has 2 rings (SSSR count). The SMILES string of the molecule is COc1ccccc1CC(NN)C1CCCCC1. The van der Waals surface area contributed by atoms with Crippen LogP contribution in [0.4, 0.5) is 0 Å². The van der Waals surface area contributed by atoms with Crippen LogP contribution in [0.15, 0.2) is 24.3 Å². The zero-order valence-electron chi connectivity index (χ0n) is 11.2. The van der Waals surface area contributed by atoms with E-state index in [1.54, 1.807) is 7.11 Å². The first-order valence-electron chi connectivity index (χ1n) is 6.93. The smallest absolute Gasteiger partial charge is 0.122 e. The Hall–Kier alpha value is -1.06. The van der Waals surface area contributed by atoms with Crippen molar-refractivity contribution in [1.29, 1.82) is 0 Å². The zero-order chi connectivity index (χ0) is 12.8. The van der Waals surface area contributed by atoms with Crippen LogP contribution in [0, 0.1) is 5.92 Å². The van der Waals surface area contributed by atoms with E-state index in [1.165, 1.54) is 37.7 Å². The molecule has 0 saturated heterocycles. The fraction of sp³-hybridized carbons (Fsp3) is 0.600. The third kappa shape index (κ3) is 3.24. The molecule has 0 spiro atoms. The van der Waals surface area contributed by atoms with Crippen LogP contribution in [0.3, 0.4) is 0 Å². The molecule has 0 aromatic heterocycles. The molecule has 1 saturated carbocycles. The minimum atomic E-state index is 0.363. The van der Waals surface area contributed by atoms with E-state index in [1.807, 2.05) is 12.1 Å². The van der Waals surface area contributed by atoms with Gasteiger partial charge in [-0.1, -0.05) is 37.5 Å². The Kier molecular flexibility index (Phi) is 5.02. The first-order valence-corrected chi connectivity index (χ1v) is 6.93. The molecule has 1 unspecified atom stereocenters. The number of nitrogens with one attached hydrogen (secondary N) is 1. The van der Waals surface area contributed by atoms with Gasteiger partial charge in [0.25, 0.3) is 0 Å². The third-order valence-electron chi connectivity index (χ3n) is 4.07. The van der Waals surface area contributed by atoms with Crippen molar-refractivity contribution in [1.82, 2.24) is 5.43 Å². The maximum Gasteiger partial charge on any atom is 0.122 e. The van der Waals surface area contributed by atoms with Gasteiger partial charge in [-0.15, -0.1) is 0 Å². The number of nitrogens with two attached hydrogens (primary N) is 1. The van der Waals surface area contributed by atoms with Gasteiger partial charge in [0.1, 0.15) is 5.75 Å². The second-order valence-electron chi connectivity index (χ2n) is 5.19. The van der Waals surface area contributed by atoms with Crippen molar-refractivity contribution in [3.63, 3.8) is 0 Å². The summed E-state index contributed by atoms with van der Waals surface area (Å²) in [6.45, 7) is 0. The number of rotatable bonds is 5. The van der Waals surface area contributed by atoms with Crippen LogP contribution in [0.1, 0.15) is 37.7 Å². The molecule has 0 aliphatic heterocycles. The first kappa shape index (κ1) is 13.4. The average Bonchev–Trinajstić information content (AvgIpc) is 2.46. The van der Waals surface area contributed by atoms with Crippen molar-refractivity contribution in [2.75, 3.05) is 7.11 Å². The van der Waals surface area contributed by atoms with Crippen LogP contribution in [0.25, 0.3) is 0 Å². The molecule has 1 aromatic carbocycles. The lowest BCUT2D eigenvalue weighted by Gasteiger charge is -2.30. The van der Waals surface area contributed by atoms with E-state index in [0.29, 0.717) is 12.0 Å². The van der Waals surface area contributed by atoms with Crippen LogP contribution >= 0.6 is 0 Å². The molecular weight excluding hydrogens is 224 g/mol. The number of para-hydroxylation sites is 1. The predicted octanol–water partition coefficient (Wildman–Crippen LogP) is 2.65. The van der Waals surface area contributed by atoms with Gasteiger partial charge in [-0.2, -0.15) is 0 Å². The van der Waals surface area contributed by atoms with Gasteiger partial charge >= 0.3 is 0 Å². The molecule has 0 amide bonds. The maximum atomic E-state index is 5.75. The monoisotopic (exact) mass is 248 g/mol. The summed E-state index contributed by atoms with van der Waals surface area (Å²) >= 11 is 0. The normalized spacial score (nSPS) is 18.6. The number of benzene rings is 1. The Morgan fingerprint density at radius 1 is 1.28 bits per heavy atom. The van der Waals surface area contributed by atoms with Crippen molar-refractivity contribution in [3.8, 4) is 5.75 Å². The Labute approximate surface area is 110 Å². The molecule has 1 aromatic rings. The van der Waals surface area contributed by atoms with E-state index >= 15 is 0 Å². The minimum Gasteiger partial charge on any atom is -0.496 e. The van der Waals surface area contributed by atoms with Gasteiger partial charge in [0.15, 0.2) is 0 Å². The molecule has 3 nitrogen and oxygen atoms in total. The highest BCUT2D eigenvalue weighted by molar-refractivity contribution is 5.33. The Morgan fingerprint density at radius 2 is 2.00 bits per heavy atom. The first-order chi connectivity index (χ1) is 8.85. The Morgan fingerprint density at radius 3 is 2.67 bits per heavy atom. The lowest BCUT2D eigenvalue weighted by Crippen LogP contribution is -2.43. The summed E-state index contributed by atoms with van der Waals surface area (Å²) in [6, 6.07) is 8.58. The van der Waals surface area contributed by atoms with Crippen molar-refractivity contribution in [3.05, 3.63) is 29.8 Å². The number of hydrogen-bond donors (Lipinski definition) is 2. The topological polar surface area (TPSA) is 47.3 Å². The van der Waals surface area contributed by atoms with Crippen LogP contribution in [0.5, 0.6) is 5.75 Å². The second kappa shape index (κ2) is 6.76. The van der Waals surface area contributed by atoms with E-state index in [9.17, 15) is 0 Å². The lowest BCUT2D eigenvalue weighted by molar-refractivity contribution is 0.267. The van der Waals surface area contributed by atoms with Gasteiger partial charge in [-0.25, -0.2) is 0 Å². The van der Waals surface area contributed by atoms with Crippen LogP contribution in [-0.4, -0.2) is 13.2 Å². The molecule has 1 aliphatic carbocycles. The third-order valence-corrected chi connectivity index (χ3v) is 4.07. The number of hydrogen-bond acceptors (Lipinski definition) is 3. The molecule has 0 radical (unpaired) electrons. The summed E-state index contributed by atoms with van der Waals surface area (Å²) in [5, 5.41) is 0. The van der Waals surface area contributed by atoms with E-state index in [4.69, 9.17) is 10.6 Å². The molecular formula is C15H24N2O. The molecule has 0 heterocycles. The highest BCUT2D eigenvalue weighted by Gasteiger charge is 2.23. The Bertz CT molecular complexity index is 361. The molecule has 100 valence electrons. The Balaban J connectivity index is 2.04. The van der Waals surface area contributed by atoms with Crippen LogP contribution in [-0.2, 0) is 6.42 Å². The van der Waals surface area contributed by atoms with Gasteiger partial charge in [0.05, 0.1) is 7.11 Å². The van der Waals surface area contributed by atoms with Gasteiger partial charge in [-0.3, -0.25) is 11.3 Å². The van der Waals surface area contributed by atoms with Crippen molar-refractivity contribution in [2.45, 2.75) is 44.6 Å². The van der Waals surface area contributed by atoms with Crippen LogP contribution < -0.4 is 16.0 Å². The van der Waals surface area contributed by atoms with E-state index < -0.39 is 0 Å². The molecule has 3 heteroatoms. The van der Waals surface area contributed by atoms with E-state index in [0.717, 1.165) is 12.2 Å². The predicted molar refractivity (Wildman–Crippen MR) is 74.4 cm³/mol. The maximum absolute atomic E-state index is 5.75. The summed E-state index contributed by atoms with van der Waals surface area (Å²) < 4.78 is 5.41.